The van der Waals surface area contributed by atoms with Crippen molar-refractivity contribution in [2.75, 3.05) is 13.2 Å². The second-order valence-corrected chi connectivity index (χ2v) is 6.50. The van der Waals surface area contributed by atoms with E-state index in [4.69, 9.17) is 0 Å². The van der Waals surface area contributed by atoms with Gasteiger partial charge in [-0.25, -0.2) is 4.39 Å². The summed E-state index contributed by atoms with van der Waals surface area (Å²) in [5.41, 5.74) is 0.853. The zero-order valence-corrected chi connectivity index (χ0v) is 13.0. The Kier molecular flexibility index (Phi) is 6.56. The van der Waals surface area contributed by atoms with Crippen LogP contribution < -0.4 is 5.32 Å². The van der Waals surface area contributed by atoms with Gasteiger partial charge in [0.2, 0.25) is 0 Å². The second kappa shape index (κ2) is 7.70. The number of halogens is 1. The molecule has 0 fully saturated rings. The molecular weight excluding hydrogens is 255 g/mol. The topological polar surface area (TPSA) is 45.1 Å². The van der Waals surface area contributed by atoms with E-state index in [1.54, 1.807) is 6.07 Å². The molecule has 0 aliphatic heterocycles. The maximum atomic E-state index is 12.9. The van der Waals surface area contributed by atoms with E-state index < -0.39 is 0 Å². The first kappa shape index (κ1) is 17.1. The van der Waals surface area contributed by atoms with Crippen molar-refractivity contribution >= 4 is 0 Å². The minimum absolute atomic E-state index is 0.0247. The first-order valence-corrected chi connectivity index (χ1v) is 7.31. The molecule has 20 heavy (non-hydrogen) atoms. The molecule has 0 bridgehead atoms. The van der Waals surface area contributed by atoms with Crippen LogP contribution in [0.1, 0.15) is 52.3 Å². The third kappa shape index (κ3) is 5.55. The van der Waals surface area contributed by atoms with Gasteiger partial charge in [0.05, 0.1) is 17.9 Å². The minimum atomic E-state index is -0.305. The zero-order chi connectivity index (χ0) is 15.2. The van der Waals surface area contributed by atoms with Crippen LogP contribution in [0.15, 0.2) is 18.3 Å². The van der Waals surface area contributed by atoms with E-state index >= 15 is 0 Å². The number of aromatic nitrogens is 1. The largest absolute Gasteiger partial charge is 0.396 e. The number of nitrogens with one attached hydrogen (secondary N) is 1. The number of aliphatic hydroxyl groups is 1. The van der Waals surface area contributed by atoms with E-state index in [1.807, 2.05) is 0 Å². The van der Waals surface area contributed by atoms with Gasteiger partial charge in [0, 0.05) is 6.61 Å². The summed E-state index contributed by atoms with van der Waals surface area (Å²) in [6.45, 7) is 9.45. The van der Waals surface area contributed by atoms with Crippen molar-refractivity contribution < 1.29 is 9.50 Å². The molecule has 1 aromatic rings. The van der Waals surface area contributed by atoms with E-state index in [9.17, 15) is 9.50 Å². The zero-order valence-electron chi connectivity index (χ0n) is 13.0. The minimum Gasteiger partial charge on any atom is -0.396 e. The maximum absolute atomic E-state index is 12.9. The maximum Gasteiger partial charge on any atom is 0.141 e. The highest BCUT2D eigenvalue weighted by molar-refractivity contribution is 5.10. The third-order valence-corrected chi connectivity index (χ3v) is 3.56. The molecule has 2 N–H and O–H groups in total. The van der Waals surface area contributed by atoms with Gasteiger partial charge in [0.25, 0.3) is 0 Å². The molecule has 0 aromatic carbocycles. The molecule has 0 saturated carbocycles. The first-order valence-electron chi connectivity index (χ1n) is 7.31. The lowest BCUT2D eigenvalue weighted by molar-refractivity contribution is 0.147. The first-order chi connectivity index (χ1) is 9.35. The van der Waals surface area contributed by atoms with Gasteiger partial charge in [0.15, 0.2) is 0 Å². The van der Waals surface area contributed by atoms with Crippen molar-refractivity contribution in [2.45, 2.75) is 46.6 Å². The fourth-order valence-corrected chi connectivity index (χ4v) is 2.16. The summed E-state index contributed by atoms with van der Waals surface area (Å²) >= 11 is 0. The van der Waals surface area contributed by atoms with E-state index in [0.29, 0.717) is 5.92 Å². The lowest BCUT2D eigenvalue weighted by Crippen LogP contribution is -2.28. The Hall–Kier alpha value is -1.00. The van der Waals surface area contributed by atoms with E-state index in [0.717, 1.165) is 25.1 Å². The van der Waals surface area contributed by atoms with Crippen LogP contribution in [0.5, 0.6) is 0 Å². The van der Waals surface area contributed by atoms with Crippen molar-refractivity contribution in [3.8, 4) is 0 Å². The molecule has 1 aromatic heterocycles. The van der Waals surface area contributed by atoms with Crippen molar-refractivity contribution in [3.05, 3.63) is 29.8 Å². The van der Waals surface area contributed by atoms with Gasteiger partial charge in [0.1, 0.15) is 5.82 Å². The number of nitrogens with zero attached hydrogens (tertiary/aromatic N) is 1. The molecule has 1 unspecified atom stereocenters. The summed E-state index contributed by atoms with van der Waals surface area (Å²) in [4.78, 5) is 4.17. The van der Waals surface area contributed by atoms with E-state index in [1.165, 1.54) is 12.3 Å². The molecule has 4 heteroatoms. The van der Waals surface area contributed by atoms with Crippen LogP contribution in [-0.4, -0.2) is 23.2 Å². The van der Waals surface area contributed by atoms with Crippen molar-refractivity contribution in [2.24, 2.45) is 11.3 Å². The summed E-state index contributed by atoms with van der Waals surface area (Å²) in [7, 11) is 0. The van der Waals surface area contributed by atoms with Gasteiger partial charge >= 0.3 is 0 Å². The SMILES string of the molecule is CC(C)C(NCCCC(C)(C)CO)c1ccc(F)cn1. The fraction of sp³-hybridized carbons (Fsp3) is 0.688. The van der Waals surface area contributed by atoms with Crippen molar-refractivity contribution in [1.29, 1.82) is 0 Å². The fourth-order valence-electron chi connectivity index (χ4n) is 2.16. The van der Waals surface area contributed by atoms with Crippen molar-refractivity contribution in [3.63, 3.8) is 0 Å². The van der Waals surface area contributed by atoms with Crippen LogP contribution in [0.4, 0.5) is 4.39 Å². The van der Waals surface area contributed by atoms with Gasteiger partial charge in [-0.3, -0.25) is 4.98 Å². The van der Waals surface area contributed by atoms with Crippen LogP contribution in [0.2, 0.25) is 0 Å². The monoisotopic (exact) mass is 282 g/mol. The lowest BCUT2D eigenvalue weighted by Gasteiger charge is -2.24. The molecule has 1 rings (SSSR count). The van der Waals surface area contributed by atoms with E-state index in [2.05, 4.69) is 38.0 Å². The van der Waals surface area contributed by atoms with Gasteiger partial charge < -0.3 is 10.4 Å². The number of aliphatic hydroxyl groups excluding tert-OH is 1. The lowest BCUT2D eigenvalue weighted by atomic mass is 9.89. The molecule has 0 amide bonds. The Bertz CT molecular complexity index is 390. The molecule has 3 nitrogen and oxygen atoms in total. The highest BCUT2D eigenvalue weighted by atomic mass is 19.1. The molecule has 0 saturated heterocycles. The Balaban J connectivity index is 2.50. The normalized spacial score (nSPS) is 13.8. The highest BCUT2D eigenvalue weighted by Gasteiger charge is 2.18. The Morgan fingerprint density at radius 1 is 1.35 bits per heavy atom. The average molecular weight is 282 g/mol. The number of hydrogen-bond acceptors (Lipinski definition) is 3. The number of hydrogen-bond donors (Lipinski definition) is 2. The van der Waals surface area contributed by atoms with Crippen LogP contribution in [0.3, 0.4) is 0 Å². The van der Waals surface area contributed by atoms with Crippen LogP contribution in [0, 0.1) is 17.2 Å². The molecule has 1 heterocycles. The summed E-state index contributed by atoms with van der Waals surface area (Å²) in [5, 5.41) is 12.7. The standard InChI is InChI=1S/C16H27FN2O/c1-12(2)15(14-7-6-13(17)10-19-14)18-9-5-8-16(3,4)11-20/h6-7,10,12,15,18,20H,5,8-9,11H2,1-4H3. The molecule has 0 spiro atoms. The predicted octanol–water partition coefficient (Wildman–Crippen LogP) is 3.31. The predicted molar refractivity (Wildman–Crippen MR) is 79.9 cm³/mol. The quantitative estimate of drug-likeness (QED) is 0.719. The Morgan fingerprint density at radius 2 is 2.05 bits per heavy atom. The Morgan fingerprint density at radius 3 is 2.55 bits per heavy atom. The highest BCUT2D eigenvalue weighted by Crippen LogP contribution is 2.22. The van der Waals surface area contributed by atoms with Gasteiger partial charge in [-0.15, -0.1) is 0 Å². The molecule has 114 valence electrons. The molecule has 0 aliphatic rings. The molecule has 0 radical (unpaired) electrons. The number of pyridine rings is 1. The second-order valence-electron chi connectivity index (χ2n) is 6.50. The Labute approximate surface area is 121 Å². The third-order valence-electron chi connectivity index (χ3n) is 3.56. The summed E-state index contributed by atoms with van der Waals surface area (Å²) in [6.07, 6.45) is 3.23. The number of rotatable bonds is 8. The summed E-state index contributed by atoms with van der Waals surface area (Å²) < 4.78 is 12.9. The van der Waals surface area contributed by atoms with Crippen LogP contribution in [0.25, 0.3) is 0 Å². The van der Waals surface area contributed by atoms with Crippen LogP contribution in [-0.2, 0) is 0 Å². The summed E-state index contributed by atoms with van der Waals surface area (Å²) in [6, 6.07) is 3.33. The van der Waals surface area contributed by atoms with E-state index in [-0.39, 0.29) is 23.9 Å². The van der Waals surface area contributed by atoms with Gasteiger partial charge in [-0.2, -0.15) is 0 Å². The summed E-state index contributed by atoms with van der Waals surface area (Å²) in [5.74, 6) is 0.0831. The average Bonchev–Trinajstić information content (AvgIpc) is 2.40. The van der Waals surface area contributed by atoms with Gasteiger partial charge in [-0.1, -0.05) is 27.7 Å². The smallest absolute Gasteiger partial charge is 0.141 e. The van der Waals surface area contributed by atoms with Gasteiger partial charge in [-0.05, 0) is 42.9 Å². The van der Waals surface area contributed by atoms with Crippen LogP contribution >= 0.6 is 0 Å². The van der Waals surface area contributed by atoms with Crippen molar-refractivity contribution in [1.82, 2.24) is 10.3 Å². The molecular formula is C16H27FN2O. The molecule has 1 atom stereocenters. The molecule has 0 aliphatic carbocycles.